The van der Waals surface area contributed by atoms with Crippen LogP contribution in [0.2, 0.25) is 0 Å². The molecule has 20 heavy (non-hydrogen) atoms. The maximum atomic E-state index is 3.89. The predicted octanol–water partition coefficient (Wildman–Crippen LogP) is 5.74. The van der Waals surface area contributed by atoms with Gasteiger partial charge in [-0.3, -0.25) is 0 Å². The number of hydrogen-bond donors (Lipinski definition) is 0. The van der Waals surface area contributed by atoms with Gasteiger partial charge in [0.2, 0.25) is 0 Å². The van der Waals surface area contributed by atoms with Crippen LogP contribution < -0.4 is 0 Å². The van der Waals surface area contributed by atoms with Crippen molar-refractivity contribution in [2.75, 3.05) is 0 Å². The molecular formula is C20H26. The normalized spacial score (nSPS) is 29.1. The summed E-state index contributed by atoms with van der Waals surface area (Å²) in [5.41, 5.74) is 5.90. The minimum absolute atomic E-state index is 0.0980. The van der Waals surface area contributed by atoms with E-state index in [9.17, 15) is 0 Å². The van der Waals surface area contributed by atoms with Crippen LogP contribution in [0.25, 0.3) is 0 Å². The summed E-state index contributed by atoms with van der Waals surface area (Å²) in [6.45, 7) is 15.2. The monoisotopic (exact) mass is 266 g/mol. The second kappa shape index (κ2) is 5.09. The lowest BCUT2D eigenvalue weighted by molar-refractivity contribution is 0.388. The molecule has 1 saturated carbocycles. The Hall–Kier alpha value is -1.56. The lowest BCUT2D eigenvalue weighted by Gasteiger charge is -2.28. The molecule has 106 valence electrons. The van der Waals surface area contributed by atoms with Crippen LogP contribution in [-0.2, 0) is 5.41 Å². The summed E-state index contributed by atoms with van der Waals surface area (Å²) < 4.78 is 0. The van der Waals surface area contributed by atoms with Crippen LogP contribution in [0.15, 0.2) is 60.2 Å². The number of rotatable bonds is 2. The molecule has 0 heterocycles. The standard InChI is InChI=1S/C20H26/c1-7-9-18-17(8-2)20(6,14-19(18,4)5)16-12-10-15(3)11-13-16/h7-13H,1,14H2,2-6H3/b17-8+,18-9+. The van der Waals surface area contributed by atoms with Gasteiger partial charge in [-0.1, -0.05) is 75.4 Å². The molecule has 0 aromatic heterocycles. The van der Waals surface area contributed by atoms with Gasteiger partial charge in [0, 0.05) is 5.41 Å². The van der Waals surface area contributed by atoms with Gasteiger partial charge >= 0.3 is 0 Å². The van der Waals surface area contributed by atoms with E-state index in [0.29, 0.717) is 0 Å². The van der Waals surface area contributed by atoms with Gasteiger partial charge in [0.15, 0.2) is 0 Å². The number of allylic oxidation sites excluding steroid dienone is 5. The van der Waals surface area contributed by atoms with Crippen molar-refractivity contribution in [1.29, 1.82) is 0 Å². The third kappa shape index (κ3) is 2.28. The molecular weight excluding hydrogens is 240 g/mol. The van der Waals surface area contributed by atoms with Crippen LogP contribution in [0.5, 0.6) is 0 Å². The fourth-order valence-electron chi connectivity index (χ4n) is 3.82. The lowest BCUT2D eigenvalue weighted by Crippen LogP contribution is -2.21. The Morgan fingerprint density at radius 1 is 1.05 bits per heavy atom. The summed E-state index contributed by atoms with van der Waals surface area (Å²) in [7, 11) is 0. The highest BCUT2D eigenvalue weighted by Gasteiger charge is 2.47. The van der Waals surface area contributed by atoms with E-state index in [2.05, 4.69) is 77.6 Å². The second-order valence-corrected chi connectivity index (χ2v) is 6.78. The fourth-order valence-corrected chi connectivity index (χ4v) is 3.82. The Morgan fingerprint density at radius 3 is 2.15 bits per heavy atom. The molecule has 0 saturated heterocycles. The second-order valence-electron chi connectivity index (χ2n) is 6.78. The van der Waals surface area contributed by atoms with Crippen molar-refractivity contribution in [3.8, 4) is 0 Å². The van der Waals surface area contributed by atoms with E-state index in [1.807, 2.05) is 6.08 Å². The summed E-state index contributed by atoms with van der Waals surface area (Å²) in [6, 6.07) is 9.00. The molecule has 1 aromatic rings. The molecule has 0 radical (unpaired) electrons. The molecule has 1 unspecified atom stereocenters. The zero-order chi connectivity index (χ0) is 15.0. The van der Waals surface area contributed by atoms with Crippen molar-refractivity contribution in [2.45, 2.75) is 46.5 Å². The molecule has 1 aromatic carbocycles. The van der Waals surface area contributed by atoms with Gasteiger partial charge in [0.1, 0.15) is 0 Å². The van der Waals surface area contributed by atoms with E-state index in [1.54, 1.807) is 0 Å². The number of aryl methyl sites for hydroxylation is 1. The van der Waals surface area contributed by atoms with Gasteiger partial charge in [-0.25, -0.2) is 0 Å². The third-order valence-corrected chi connectivity index (χ3v) is 4.67. The highest BCUT2D eigenvalue weighted by atomic mass is 14.5. The zero-order valence-corrected chi connectivity index (χ0v) is 13.5. The van der Waals surface area contributed by atoms with Gasteiger partial charge in [-0.2, -0.15) is 0 Å². The van der Waals surface area contributed by atoms with Crippen molar-refractivity contribution < 1.29 is 0 Å². The number of benzene rings is 1. The molecule has 0 amide bonds. The Kier molecular flexibility index (Phi) is 3.77. The van der Waals surface area contributed by atoms with Crippen molar-refractivity contribution in [3.63, 3.8) is 0 Å². The number of hydrogen-bond acceptors (Lipinski definition) is 0. The minimum Gasteiger partial charge on any atom is -0.0991 e. The van der Waals surface area contributed by atoms with E-state index in [4.69, 9.17) is 0 Å². The highest BCUT2D eigenvalue weighted by Crippen LogP contribution is 2.57. The van der Waals surface area contributed by atoms with E-state index in [0.717, 1.165) is 6.42 Å². The van der Waals surface area contributed by atoms with Crippen LogP contribution in [0.3, 0.4) is 0 Å². The van der Waals surface area contributed by atoms with Crippen molar-refractivity contribution in [3.05, 3.63) is 71.3 Å². The van der Waals surface area contributed by atoms with E-state index in [-0.39, 0.29) is 10.8 Å². The minimum atomic E-state index is 0.0980. The Bertz CT molecular complexity index is 567. The molecule has 1 aliphatic rings. The maximum Gasteiger partial charge on any atom is 0.0182 e. The molecule has 1 aliphatic carbocycles. The first-order valence-electron chi connectivity index (χ1n) is 7.42. The molecule has 2 rings (SSSR count). The van der Waals surface area contributed by atoms with Crippen molar-refractivity contribution in [1.82, 2.24) is 0 Å². The molecule has 1 fully saturated rings. The SMILES string of the molecule is C=C/C=C1\C(=C/C)C(C)(c2ccc(C)cc2)CC1(C)C. The van der Waals surface area contributed by atoms with Crippen LogP contribution >= 0.6 is 0 Å². The highest BCUT2D eigenvalue weighted by molar-refractivity contribution is 5.54. The molecule has 0 heteroatoms. The van der Waals surface area contributed by atoms with E-state index in [1.165, 1.54) is 22.3 Å². The first kappa shape index (κ1) is 14.8. The third-order valence-electron chi connectivity index (χ3n) is 4.67. The summed E-state index contributed by atoms with van der Waals surface area (Å²) in [4.78, 5) is 0. The van der Waals surface area contributed by atoms with E-state index >= 15 is 0 Å². The van der Waals surface area contributed by atoms with Gasteiger partial charge in [0.05, 0.1) is 0 Å². The van der Waals surface area contributed by atoms with Gasteiger partial charge < -0.3 is 0 Å². The molecule has 0 aliphatic heterocycles. The maximum absolute atomic E-state index is 3.89. The molecule has 0 bridgehead atoms. The fraction of sp³-hybridized carbons (Fsp3) is 0.400. The average molecular weight is 266 g/mol. The smallest absolute Gasteiger partial charge is 0.0182 e. The van der Waals surface area contributed by atoms with Gasteiger partial charge in [-0.15, -0.1) is 0 Å². The Labute approximate surface area is 123 Å². The summed E-state index contributed by atoms with van der Waals surface area (Å²) in [6.07, 6.45) is 7.53. The summed E-state index contributed by atoms with van der Waals surface area (Å²) in [5, 5.41) is 0. The van der Waals surface area contributed by atoms with E-state index < -0.39 is 0 Å². The van der Waals surface area contributed by atoms with Crippen molar-refractivity contribution >= 4 is 0 Å². The molecule has 1 atom stereocenters. The molecule has 0 nitrogen and oxygen atoms in total. The topological polar surface area (TPSA) is 0 Å². The van der Waals surface area contributed by atoms with Crippen LogP contribution in [0, 0.1) is 12.3 Å². The molecule has 0 spiro atoms. The first-order chi connectivity index (χ1) is 9.35. The summed E-state index contributed by atoms with van der Waals surface area (Å²) >= 11 is 0. The van der Waals surface area contributed by atoms with Gasteiger partial charge in [-0.05, 0) is 42.4 Å². The van der Waals surface area contributed by atoms with Gasteiger partial charge in [0.25, 0.3) is 0 Å². The zero-order valence-electron chi connectivity index (χ0n) is 13.5. The largest absolute Gasteiger partial charge is 0.0991 e. The van der Waals surface area contributed by atoms with Crippen LogP contribution in [0.1, 0.15) is 45.2 Å². The predicted molar refractivity (Wildman–Crippen MR) is 89.0 cm³/mol. The Morgan fingerprint density at radius 2 is 1.65 bits per heavy atom. The first-order valence-corrected chi connectivity index (χ1v) is 7.42. The van der Waals surface area contributed by atoms with Crippen LogP contribution in [-0.4, -0.2) is 0 Å². The lowest BCUT2D eigenvalue weighted by atomic mass is 9.75. The quantitative estimate of drug-likeness (QED) is 0.640. The van der Waals surface area contributed by atoms with Crippen LogP contribution in [0.4, 0.5) is 0 Å². The van der Waals surface area contributed by atoms with Crippen molar-refractivity contribution in [2.24, 2.45) is 5.41 Å². The Balaban J connectivity index is 2.59. The average Bonchev–Trinajstić information content (AvgIpc) is 2.58. The molecule has 0 N–H and O–H groups in total. The summed E-state index contributed by atoms with van der Waals surface area (Å²) in [5.74, 6) is 0.